The number of hydrogen-bond acceptors (Lipinski definition) is 4. The molecule has 2 aliphatic rings. The molecule has 1 aromatic heterocycles. The van der Waals surface area contributed by atoms with E-state index in [9.17, 15) is 4.39 Å². The van der Waals surface area contributed by atoms with Crippen LogP contribution in [0.3, 0.4) is 0 Å². The fraction of sp³-hybridized carbons (Fsp3) is 0.529. The Bertz CT molecular complexity index is 641. The minimum absolute atomic E-state index is 0.216. The van der Waals surface area contributed by atoms with E-state index < -0.39 is 0 Å². The van der Waals surface area contributed by atoms with Gasteiger partial charge in [0.1, 0.15) is 5.82 Å². The summed E-state index contributed by atoms with van der Waals surface area (Å²) in [4.78, 5) is 4.69. The monoisotopic (exact) mass is 302 g/mol. The lowest BCUT2D eigenvalue weighted by Crippen LogP contribution is -2.24. The molecule has 1 aromatic carbocycles. The van der Waals surface area contributed by atoms with Crippen LogP contribution in [-0.4, -0.2) is 23.4 Å². The first kappa shape index (κ1) is 13.9. The maximum absolute atomic E-state index is 13.2. The molecule has 5 heteroatoms. The average molecular weight is 302 g/mol. The molecule has 2 fully saturated rings. The Morgan fingerprint density at radius 3 is 2.59 bits per heavy atom. The van der Waals surface area contributed by atoms with E-state index in [2.05, 4.69) is 5.16 Å². The highest BCUT2D eigenvalue weighted by Crippen LogP contribution is 2.46. The highest BCUT2D eigenvalue weighted by molar-refractivity contribution is 5.33. The number of ether oxygens (including phenoxy) is 1. The molecule has 4 nitrogen and oxygen atoms in total. The van der Waals surface area contributed by atoms with Gasteiger partial charge in [0.25, 0.3) is 0 Å². The molecule has 2 aromatic rings. The van der Waals surface area contributed by atoms with E-state index in [1.165, 1.54) is 12.1 Å². The number of benzene rings is 1. The lowest BCUT2D eigenvalue weighted by atomic mass is 9.78. The minimum atomic E-state index is -0.252. The Labute approximate surface area is 128 Å². The Kier molecular flexibility index (Phi) is 3.45. The Morgan fingerprint density at radius 2 is 1.91 bits per heavy atom. The van der Waals surface area contributed by atoms with Gasteiger partial charge in [-0.15, -0.1) is 0 Å². The third-order valence-electron chi connectivity index (χ3n) is 5.00. The molecule has 1 aliphatic heterocycles. The van der Waals surface area contributed by atoms with Crippen LogP contribution < -0.4 is 0 Å². The van der Waals surface area contributed by atoms with Gasteiger partial charge in [-0.2, -0.15) is 4.98 Å². The molecule has 116 valence electrons. The molecule has 0 radical (unpaired) electrons. The van der Waals surface area contributed by atoms with Crippen LogP contribution in [0.15, 0.2) is 28.8 Å². The molecule has 0 N–H and O–H groups in total. The van der Waals surface area contributed by atoms with Gasteiger partial charge >= 0.3 is 0 Å². The summed E-state index contributed by atoms with van der Waals surface area (Å²) in [6.45, 7) is 1.43. The zero-order valence-electron chi connectivity index (χ0n) is 12.4. The van der Waals surface area contributed by atoms with Crippen LogP contribution in [0.5, 0.6) is 0 Å². The molecule has 0 bridgehead atoms. The largest absolute Gasteiger partial charge is 0.381 e. The van der Waals surface area contributed by atoms with Gasteiger partial charge in [0.2, 0.25) is 5.89 Å². The molecule has 0 spiro atoms. The summed E-state index contributed by atoms with van der Waals surface area (Å²) in [6.07, 6.45) is 5.15. The number of hydrogen-bond donors (Lipinski definition) is 0. The summed E-state index contributed by atoms with van der Waals surface area (Å²) in [6, 6.07) is 6.72. The predicted molar refractivity (Wildman–Crippen MR) is 78.1 cm³/mol. The highest BCUT2D eigenvalue weighted by Gasteiger charge is 2.43. The van der Waals surface area contributed by atoms with Gasteiger partial charge in [-0.1, -0.05) is 30.1 Å². The van der Waals surface area contributed by atoms with Crippen molar-refractivity contribution in [1.29, 1.82) is 0 Å². The summed E-state index contributed by atoms with van der Waals surface area (Å²) in [7, 11) is 0. The lowest BCUT2D eigenvalue weighted by Gasteiger charge is -2.25. The third kappa shape index (κ3) is 2.24. The fourth-order valence-corrected chi connectivity index (χ4v) is 3.71. The second kappa shape index (κ2) is 5.47. The molecule has 2 heterocycles. The summed E-state index contributed by atoms with van der Waals surface area (Å²) in [5.74, 6) is 1.45. The Hall–Kier alpha value is -1.75. The van der Waals surface area contributed by atoms with Crippen LogP contribution in [0.4, 0.5) is 4.39 Å². The number of rotatable bonds is 3. The van der Waals surface area contributed by atoms with E-state index in [0.717, 1.165) is 50.1 Å². The molecule has 1 saturated carbocycles. The molecule has 0 amide bonds. The van der Waals surface area contributed by atoms with Crippen LogP contribution in [0.1, 0.15) is 55.3 Å². The lowest BCUT2D eigenvalue weighted by molar-refractivity contribution is 0.192. The van der Waals surface area contributed by atoms with E-state index >= 15 is 0 Å². The first-order chi connectivity index (χ1) is 10.8. The molecule has 4 rings (SSSR count). The number of halogens is 1. The van der Waals surface area contributed by atoms with E-state index in [-0.39, 0.29) is 17.2 Å². The maximum atomic E-state index is 13.2. The van der Waals surface area contributed by atoms with Crippen LogP contribution in [0.25, 0.3) is 0 Å². The van der Waals surface area contributed by atoms with Crippen molar-refractivity contribution in [3.05, 3.63) is 47.4 Å². The Balaban J connectivity index is 1.71. The maximum Gasteiger partial charge on any atom is 0.237 e. The van der Waals surface area contributed by atoms with Crippen molar-refractivity contribution >= 4 is 0 Å². The predicted octanol–water partition coefficient (Wildman–Crippen LogP) is 3.57. The summed E-state index contributed by atoms with van der Waals surface area (Å²) in [5.41, 5.74) is 0.822. The van der Waals surface area contributed by atoms with Gasteiger partial charge in [-0.05, 0) is 37.0 Å². The van der Waals surface area contributed by atoms with Gasteiger partial charge in [0.05, 0.1) is 12.0 Å². The van der Waals surface area contributed by atoms with Crippen molar-refractivity contribution in [2.45, 2.75) is 43.4 Å². The van der Waals surface area contributed by atoms with Gasteiger partial charge in [0, 0.05) is 12.5 Å². The molecule has 1 saturated heterocycles. The van der Waals surface area contributed by atoms with Gasteiger partial charge < -0.3 is 9.26 Å². The van der Waals surface area contributed by atoms with E-state index in [1.807, 2.05) is 12.1 Å². The molecular formula is C17H19FN2O2. The Morgan fingerprint density at radius 1 is 1.14 bits per heavy atom. The number of aromatic nitrogens is 2. The van der Waals surface area contributed by atoms with Crippen LogP contribution >= 0.6 is 0 Å². The smallest absolute Gasteiger partial charge is 0.237 e. The summed E-state index contributed by atoms with van der Waals surface area (Å²) < 4.78 is 24.3. The van der Waals surface area contributed by atoms with Gasteiger partial charge in [-0.25, -0.2) is 4.39 Å². The first-order valence-corrected chi connectivity index (χ1v) is 7.96. The molecule has 1 aliphatic carbocycles. The molecular weight excluding hydrogens is 283 g/mol. The minimum Gasteiger partial charge on any atom is -0.381 e. The van der Waals surface area contributed by atoms with Gasteiger partial charge in [0.15, 0.2) is 5.82 Å². The summed E-state index contributed by atoms with van der Waals surface area (Å²) in [5, 5.41) is 4.19. The van der Waals surface area contributed by atoms with Crippen molar-refractivity contribution in [2.24, 2.45) is 0 Å². The van der Waals surface area contributed by atoms with E-state index in [1.54, 1.807) is 0 Å². The fourth-order valence-electron chi connectivity index (χ4n) is 3.71. The van der Waals surface area contributed by atoms with E-state index in [4.69, 9.17) is 14.2 Å². The quantitative estimate of drug-likeness (QED) is 0.869. The summed E-state index contributed by atoms with van der Waals surface area (Å²) >= 11 is 0. The SMILES string of the molecule is Fc1ccc(C2(c3nc([C@H]4CCOC4)no3)CCCC2)cc1. The third-order valence-corrected chi connectivity index (χ3v) is 5.00. The van der Waals surface area contributed by atoms with Crippen molar-refractivity contribution in [3.63, 3.8) is 0 Å². The normalized spacial score (nSPS) is 24.0. The second-order valence-corrected chi connectivity index (χ2v) is 6.31. The van der Waals surface area contributed by atoms with E-state index in [0.29, 0.717) is 12.5 Å². The van der Waals surface area contributed by atoms with Crippen molar-refractivity contribution in [2.75, 3.05) is 13.2 Å². The van der Waals surface area contributed by atoms with Crippen molar-refractivity contribution in [1.82, 2.24) is 10.1 Å². The van der Waals surface area contributed by atoms with Crippen LogP contribution in [0, 0.1) is 5.82 Å². The topological polar surface area (TPSA) is 48.2 Å². The standard InChI is InChI=1S/C17H19FN2O2/c18-14-5-3-13(4-6-14)17(8-1-2-9-17)16-19-15(20-22-16)12-7-10-21-11-12/h3-6,12H,1-2,7-11H2/t12-/m0/s1. The van der Waals surface area contributed by atoms with Crippen LogP contribution in [-0.2, 0) is 10.2 Å². The highest BCUT2D eigenvalue weighted by atomic mass is 19.1. The number of nitrogens with zero attached hydrogens (tertiary/aromatic N) is 2. The molecule has 1 atom stereocenters. The zero-order chi connectivity index (χ0) is 15.0. The molecule has 22 heavy (non-hydrogen) atoms. The molecule has 0 unspecified atom stereocenters. The van der Waals surface area contributed by atoms with Crippen molar-refractivity contribution in [3.8, 4) is 0 Å². The zero-order valence-corrected chi connectivity index (χ0v) is 12.4. The van der Waals surface area contributed by atoms with Crippen molar-refractivity contribution < 1.29 is 13.7 Å². The second-order valence-electron chi connectivity index (χ2n) is 6.31. The van der Waals surface area contributed by atoms with Crippen LogP contribution in [0.2, 0.25) is 0 Å². The first-order valence-electron chi connectivity index (χ1n) is 7.96. The average Bonchev–Trinajstić information content (AvgIpc) is 3.28. The van der Waals surface area contributed by atoms with Gasteiger partial charge in [-0.3, -0.25) is 0 Å².